The van der Waals surface area contributed by atoms with Gasteiger partial charge >= 0.3 is 37.4 Å². The molecule has 0 radical (unpaired) electrons. The predicted molar refractivity (Wildman–Crippen MR) is 113 cm³/mol. The molecule has 0 saturated carbocycles. The molecule has 0 spiro atoms. The summed E-state index contributed by atoms with van der Waals surface area (Å²) in [5, 5.41) is 10.7. The number of methoxy groups -OCH3 is 4. The van der Waals surface area contributed by atoms with Crippen LogP contribution in [0.25, 0.3) is 22.5 Å². The molecule has 162 valence electrons. The molecule has 0 unspecified atom stereocenters. The first-order valence-electron chi connectivity index (χ1n) is 8.46. The van der Waals surface area contributed by atoms with Gasteiger partial charge in [0.25, 0.3) is 0 Å². The molecule has 1 heterocycles. The molecule has 0 aliphatic heterocycles. The van der Waals surface area contributed by atoms with Gasteiger partial charge in [-0.25, -0.2) is 4.57 Å². The topological polar surface area (TPSA) is 145 Å². The number of rotatable bonds is 8. The second kappa shape index (κ2) is 10.4. The van der Waals surface area contributed by atoms with Crippen molar-refractivity contribution in [1.82, 2.24) is 15.4 Å². The fraction of sp³-hybridized carbons (Fsp3) is 0.222. The molecular weight excluding hydrogens is 440 g/mol. The van der Waals surface area contributed by atoms with Gasteiger partial charge in [0.15, 0.2) is 11.5 Å². The van der Waals surface area contributed by atoms with Crippen molar-refractivity contribution in [2.24, 2.45) is 0 Å². The number of hydrogen-bond acceptors (Lipinski definition) is 8. The number of phosphoric acid groups is 1. The Morgan fingerprint density at radius 2 is 1.55 bits per heavy atom. The van der Waals surface area contributed by atoms with Gasteiger partial charge in [0.1, 0.15) is 17.2 Å². The van der Waals surface area contributed by atoms with Crippen LogP contribution < -0.4 is 23.5 Å². The van der Waals surface area contributed by atoms with Crippen LogP contribution in [0, 0.1) is 0 Å². The van der Waals surface area contributed by atoms with E-state index >= 15 is 0 Å². The molecule has 0 atom stereocenters. The van der Waals surface area contributed by atoms with Gasteiger partial charge in [-0.2, -0.15) is 0 Å². The van der Waals surface area contributed by atoms with Crippen LogP contribution in [-0.4, -0.2) is 83.2 Å². The molecule has 0 amide bonds. The zero-order valence-corrected chi connectivity index (χ0v) is 17.5. The molecular formula is C18H21N3NaO8P. The molecule has 1 aromatic heterocycles. The van der Waals surface area contributed by atoms with Gasteiger partial charge in [-0.15, -0.1) is 5.10 Å². The monoisotopic (exact) mass is 461 g/mol. The molecule has 0 saturated heterocycles. The van der Waals surface area contributed by atoms with E-state index in [2.05, 4.69) is 15.4 Å². The fourth-order valence-corrected chi connectivity index (χ4v) is 3.28. The SMILES string of the molecule is COc1ccc(-c2[nH]nnc2-c2cc(OC)c(OC)c(OC)c2)c(OP(=O)(O)O)c1.[NaH]. The molecule has 2 aromatic carbocycles. The Hall–Kier alpha value is -2.27. The number of nitrogens with zero attached hydrogens (tertiary/aromatic N) is 2. The van der Waals surface area contributed by atoms with Gasteiger partial charge in [-0.05, 0) is 24.3 Å². The standard InChI is InChI=1S/C18H20N3O8P.Na.H/c1-25-11-5-6-12(13(9-11)29-30(22,23)24)17-16(19-21-20-17)10-7-14(26-2)18(28-4)15(8-10)27-3;;/h5-9H,1-4H3,(H,19,20,21)(H2,22,23,24);;. The van der Waals surface area contributed by atoms with Crippen LogP contribution in [-0.2, 0) is 4.57 Å². The molecule has 0 fully saturated rings. The van der Waals surface area contributed by atoms with E-state index in [-0.39, 0.29) is 35.3 Å². The average Bonchev–Trinajstić information content (AvgIpc) is 3.20. The van der Waals surface area contributed by atoms with Gasteiger partial charge < -0.3 is 23.5 Å². The van der Waals surface area contributed by atoms with Crippen molar-refractivity contribution in [2.45, 2.75) is 0 Å². The zero-order chi connectivity index (χ0) is 21.9. The van der Waals surface area contributed by atoms with E-state index in [9.17, 15) is 14.4 Å². The van der Waals surface area contributed by atoms with Crippen LogP contribution in [0.3, 0.4) is 0 Å². The summed E-state index contributed by atoms with van der Waals surface area (Å²) in [6.45, 7) is 0. The number of nitrogens with one attached hydrogen (secondary N) is 1. The van der Waals surface area contributed by atoms with Crippen molar-refractivity contribution in [3.05, 3.63) is 30.3 Å². The molecule has 3 N–H and O–H groups in total. The van der Waals surface area contributed by atoms with Crippen LogP contribution >= 0.6 is 7.82 Å². The second-order valence-corrected chi connectivity index (χ2v) is 7.06. The van der Waals surface area contributed by atoms with E-state index in [1.54, 1.807) is 24.3 Å². The van der Waals surface area contributed by atoms with E-state index in [0.29, 0.717) is 45.5 Å². The van der Waals surface area contributed by atoms with E-state index in [4.69, 9.17) is 23.5 Å². The van der Waals surface area contributed by atoms with Crippen LogP contribution in [0.15, 0.2) is 30.3 Å². The number of benzene rings is 2. The van der Waals surface area contributed by atoms with E-state index in [0.717, 1.165) is 0 Å². The van der Waals surface area contributed by atoms with Crippen molar-refractivity contribution in [3.63, 3.8) is 0 Å². The summed E-state index contributed by atoms with van der Waals surface area (Å²) in [7, 11) is 1.05. The third-order valence-electron chi connectivity index (χ3n) is 4.16. The van der Waals surface area contributed by atoms with Crippen LogP contribution in [0.2, 0.25) is 0 Å². The summed E-state index contributed by atoms with van der Waals surface area (Å²) < 4.78 is 37.5. The van der Waals surface area contributed by atoms with E-state index < -0.39 is 7.82 Å². The molecule has 3 rings (SSSR count). The summed E-state index contributed by atoms with van der Waals surface area (Å²) in [4.78, 5) is 18.6. The third kappa shape index (κ3) is 5.51. The van der Waals surface area contributed by atoms with Crippen molar-refractivity contribution in [3.8, 4) is 51.3 Å². The van der Waals surface area contributed by atoms with Gasteiger partial charge in [0.2, 0.25) is 5.75 Å². The Morgan fingerprint density at radius 1 is 0.903 bits per heavy atom. The average molecular weight is 461 g/mol. The normalized spacial score (nSPS) is 10.8. The Morgan fingerprint density at radius 3 is 2.06 bits per heavy atom. The summed E-state index contributed by atoms with van der Waals surface area (Å²) in [5.41, 5.74) is 1.60. The van der Waals surface area contributed by atoms with Crippen molar-refractivity contribution < 1.29 is 37.8 Å². The predicted octanol–water partition coefficient (Wildman–Crippen LogP) is 2.00. The van der Waals surface area contributed by atoms with Gasteiger partial charge in [0.05, 0.1) is 34.1 Å². The van der Waals surface area contributed by atoms with E-state index in [1.165, 1.54) is 34.5 Å². The van der Waals surface area contributed by atoms with Gasteiger partial charge in [-0.3, -0.25) is 14.9 Å². The number of H-pyrrole nitrogens is 1. The number of hydrogen-bond donors (Lipinski definition) is 3. The first-order valence-corrected chi connectivity index (χ1v) is 9.99. The zero-order valence-electron chi connectivity index (χ0n) is 16.6. The van der Waals surface area contributed by atoms with Gasteiger partial charge in [-0.1, -0.05) is 5.21 Å². The first-order chi connectivity index (χ1) is 14.3. The Bertz CT molecular complexity index is 1080. The van der Waals surface area contributed by atoms with Gasteiger partial charge in [0, 0.05) is 17.2 Å². The molecule has 31 heavy (non-hydrogen) atoms. The Kier molecular flexibility index (Phi) is 8.35. The number of ether oxygens (including phenoxy) is 4. The Labute approximate surface area is 200 Å². The maximum atomic E-state index is 11.5. The number of aromatic amines is 1. The number of phosphoric ester groups is 1. The summed E-state index contributed by atoms with van der Waals surface area (Å²) in [6, 6.07) is 7.89. The quantitative estimate of drug-likeness (QED) is 0.336. The van der Waals surface area contributed by atoms with E-state index in [1.807, 2.05) is 0 Å². The fourth-order valence-electron chi connectivity index (χ4n) is 2.88. The molecule has 0 aliphatic rings. The third-order valence-corrected chi connectivity index (χ3v) is 4.60. The second-order valence-electron chi connectivity index (χ2n) is 5.89. The summed E-state index contributed by atoms with van der Waals surface area (Å²) in [5.74, 6) is 1.46. The van der Waals surface area contributed by atoms with Crippen LogP contribution in [0.4, 0.5) is 0 Å². The van der Waals surface area contributed by atoms with Crippen molar-refractivity contribution >= 4 is 37.4 Å². The molecule has 3 aromatic rings. The number of aromatic nitrogens is 3. The Balaban J connectivity index is 0.00000341. The molecule has 0 bridgehead atoms. The summed E-state index contributed by atoms with van der Waals surface area (Å²) in [6.07, 6.45) is 0. The van der Waals surface area contributed by atoms with Crippen LogP contribution in [0.5, 0.6) is 28.7 Å². The maximum absolute atomic E-state index is 11.5. The first kappa shape index (κ1) is 25.0. The molecule has 13 heteroatoms. The summed E-state index contributed by atoms with van der Waals surface area (Å²) >= 11 is 0. The minimum absolute atomic E-state index is 0. The minimum atomic E-state index is -4.84. The van der Waals surface area contributed by atoms with Crippen molar-refractivity contribution in [2.75, 3.05) is 28.4 Å². The van der Waals surface area contributed by atoms with Crippen LogP contribution in [0.1, 0.15) is 0 Å². The molecule has 0 aliphatic carbocycles. The van der Waals surface area contributed by atoms with Crippen molar-refractivity contribution in [1.29, 1.82) is 0 Å². The molecule has 11 nitrogen and oxygen atoms in total.